The maximum atomic E-state index is 13.4. The second-order valence-corrected chi connectivity index (χ2v) is 10.2. The predicted octanol–water partition coefficient (Wildman–Crippen LogP) is 3.20. The highest BCUT2D eigenvalue weighted by molar-refractivity contribution is 6.09. The Morgan fingerprint density at radius 2 is 2.03 bits per heavy atom. The Morgan fingerprint density at radius 3 is 2.70 bits per heavy atom. The number of nitrogens with one attached hydrogen (secondary N) is 1. The quantitative estimate of drug-likeness (QED) is 0.475. The summed E-state index contributed by atoms with van der Waals surface area (Å²) in [7, 11) is 0. The Bertz CT molecular complexity index is 1330. The molecule has 12 heteroatoms. The van der Waals surface area contributed by atoms with E-state index < -0.39 is 29.2 Å². The van der Waals surface area contributed by atoms with Crippen molar-refractivity contribution >= 4 is 22.9 Å². The Kier molecular flexibility index (Phi) is 6.06. The summed E-state index contributed by atoms with van der Waals surface area (Å²) < 4.78 is 47.6. The van der Waals surface area contributed by atoms with E-state index in [-0.39, 0.29) is 38.1 Å². The number of amides is 1. The molecule has 1 aromatic carbocycles. The number of halogens is 3. The van der Waals surface area contributed by atoms with Crippen LogP contribution in [0.4, 0.5) is 24.5 Å². The van der Waals surface area contributed by atoms with Gasteiger partial charge in [-0.1, -0.05) is 0 Å². The smallest absolute Gasteiger partial charge is 0.417 e. The summed E-state index contributed by atoms with van der Waals surface area (Å²) >= 11 is 0. The van der Waals surface area contributed by atoms with Gasteiger partial charge in [-0.2, -0.15) is 18.3 Å². The second kappa shape index (κ2) is 8.88. The normalized spacial score (nSPS) is 22.0. The highest BCUT2D eigenvalue weighted by atomic mass is 19.4. The lowest BCUT2D eigenvalue weighted by atomic mass is 9.81. The zero-order valence-corrected chi connectivity index (χ0v) is 20.4. The number of fused-ring (bicyclic) bond motifs is 2. The van der Waals surface area contributed by atoms with Crippen molar-refractivity contribution in [1.82, 2.24) is 14.6 Å². The van der Waals surface area contributed by atoms with Crippen LogP contribution in [0.2, 0.25) is 0 Å². The summed E-state index contributed by atoms with van der Waals surface area (Å²) in [6, 6.07) is 5.22. The van der Waals surface area contributed by atoms with Crippen LogP contribution >= 0.6 is 0 Å². The van der Waals surface area contributed by atoms with E-state index in [9.17, 15) is 28.2 Å². The molecule has 1 amide bonds. The molecule has 37 heavy (non-hydrogen) atoms. The molecule has 0 bridgehead atoms. The number of anilines is 2. The third-order valence-corrected chi connectivity index (χ3v) is 7.41. The minimum Gasteiger partial charge on any atom is -0.484 e. The highest BCUT2D eigenvalue weighted by Gasteiger charge is 2.55. The average molecular weight is 520 g/mol. The average Bonchev–Trinajstić information content (AvgIpc) is 3.43. The molecule has 0 spiro atoms. The first kappa shape index (κ1) is 25.3. The lowest BCUT2D eigenvalue weighted by Crippen LogP contribution is -2.52. The highest BCUT2D eigenvalue weighted by Crippen LogP contribution is 2.45. The van der Waals surface area contributed by atoms with Crippen LogP contribution in [0.25, 0.3) is 5.65 Å². The molecule has 9 nitrogen and oxygen atoms in total. The molecule has 0 saturated carbocycles. The Labute approximate surface area is 210 Å². The lowest BCUT2D eigenvalue weighted by molar-refractivity contribution is -0.273. The van der Waals surface area contributed by atoms with E-state index in [1.807, 2.05) is 4.90 Å². The van der Waals surface area contributed by atoms with Crippen LogP contribution in [0.3, 0.4) is 0 Å². The van der Waals surface area contributed by atoms with Crippen molar-refractivity contribution in [2.75, 3.05) is 29.9 Å². The largest absolute Gasteiger partial charge is 0.484 e. The molecule has 3 aromatic rings. The van der Waals surface area contributed by atoms with Crippen molar-refractivity contribution in [3.05, 3.63) is 47.9 Å². The van der Waals surface area contributed by atoms with E-state index in [4.69, 9.17) is 4.74 Å². The third kappa shape index (κ3) is 4.48. The zero-order valence-electron chi connectivity index (χ0n) is 20.4. The van der Waals surface area contributed by atoms with Gasteiger partial charge in [0.25, 0.3) is 5.91 Å². The van der Waals surface area contributed by atoms with E-state index in [1.165, 1.54) is 10.7 Å². The predicted molar refractivity (Wildman–Crippen MR) is 129 cm³/mol. The maximum Gasteiger partial charge on any atom is 0.417 e. The van der Waals surface area contributed by atoms with E-state index >= 15 is 0 Å². The van der Waals surface area contributed by atoms with Crippen LogP contribution in [0.5, 0.6) is 5.75 Å². The number of aromatic nitrogens is 3. The van der Waals surface area contributed by atoms with E-state index in [0.717, 1.165) is 12.5 Å². The molecule has 0 radical (unpaired) electrons. The van der Waals surface area contributed by atoms with Crippen LogP contribution in [0.1, 0.15) is 42.6 Å². The molecule has 4 heterocycles. The van der Waals surface area contributed by atoms with Crippen LogP contribution in [-0.4, -0.2) is 67.8 Å². The number of hydrogen-bond acceptors (Lipinski definition) is 7. The SMILES string of the molecule is C[C@@]1(CO)Cc2cc(NC(=O)c3cnn4cccnc34)c(N3CCC([C@](C)(O)C(F)(F)F)CC3)cc2O1. The fourth-order valence-electron chi connectivity index (χ4n) is 5.09. The van der Waals surface area contributed by atoms with Crippen LogP contribution in [-0.2, 0) is 6.42 Å². The standard InChI is InChI=1S/C25H28F3N5O4/c1-23(14-34)12-15-10-18(31-22(35)17-13-30-33-7-3-6-29-21(17)33)19(11-20(15)37-23)32-8-4-16(5-9-32)24(2,36)25(26,27)28/h3,6-7,10-11,13,16,34,36H,4-5,8-9,12,14H2,1-2H3,(H,31,35)/t23-,24-/m0/s1. The fourth-order valence-corrected chi connectivity index (χ4v) is 5.09. The number of carbonyl (C=O) groups excluding carboxylic acids is 1. The Morgan fingerprint density at radius 1 is 1.30 bits per heavy atom. The molecule has 5 rings (SSSR count). The summed E-state index contributed by atoms with van der Waals surface area (Å²) in [6.45, 7) is 2.88. The minimum atomic E-state index is -4.72. The van der Waals surface area contributed by atoms with Crippen molar-refractivity contribution in [1.29, 1.82) is 0 Å². The number of aliphatic hydroxyl groups excluding tert-OH is 1. The zero-order chi connectivity index (χ0) is 26.6. The minimum absolute atomic E-state index is 0.115. The van der Waals surface area contributed by atoms with Gasteiger partial charge >= 0.3 is 6.18 Å². The van der Waals surface area contributed by atoms with Crippen molar-refractivity contribution in [2.24, 2.45) is 5.92 Å². The monoisotopic (exact) mass is 519 g/mol. The first-order valence-corrected chi connectivity index (χ1v) is 12.0. The van der Waals surface area contributed by atoms with Gasteiger partial charge in [0.2, 0.25) is 0 Å². The van der Waals surface area contributed by atoms with Crippen LogP contribution in [0, 0.1) is 5.92 Å². The van der Waals surface area contributed by atoms with Gasteiger partial charge in [0.05, 0.1) is 24.2 Å². The summed E-state index contributed by atoms with van der Waals surface area (Å²) in [6.07, 6.45) is 0.582. The first-order chi connectivity index (χ1) is 17.4. The molecule has 2 aromatic heterocycles. The number of nitrogens with zero attached hydrogens (tertiary/aromatic N) is 4. The van der Waals surface area contributed by atoms with E-state index in [0.29, 0.717) is 29.2 Å². The van der Waals surface area contributed by atoms with Crippen LogP contribution < -0.4 is 15.0 Å². The summed E-state index contributed by atoms with van der Waals surface area (Å²) in [5.74, 6) is -0.838. The van der Waals surface area contributed by atoms with Gasteiger partial charge in [0.1, 0.15) is 16.9 Å². The molecule has 198 valence electrons. The Balaban J connectivity index is 1.45. The van der Waals surface area contributed by atoms with Gasteiger partial charge in [-0.3, -0.25) is 4.79 Å². The first-order valence-electron chi connectivity index (χ1n) is 12.0. The molecular weight excluding hydrogens is 491 g/mol. The van der Waals surface area contributed by atoms with Gasteiger partial charge in [0, 0.05) is 43.5 Å². The van der Waals surface area contributed by atoms with Crippen molar-refractivity contribution in [2.45, 2.75) is 50.5 Å². The molecule has 2 atom stereocenters. The summed E-state index contributed by atoms with van der Waals surface area (Å²) in [5, 5.41) is 27.0. The topological polar surface area (TPSA) is 112 Å². The molecule has 2 aliphatic rings. The van der Waals surface area contributed by atoms with Gasteiger partial charge in [0.15, 0.2) is 11.2 Å². The number of hydrogen-bond donors (Lipinski definition) is 3. The van der Waals surface area contributed by atoms with Crippen molar-refractivity contribution in [3.8, 4) is 5.75 Å². The number of piperidine rings is 1. The summed E-state index contributed by atoms with van der Waals surface area (Å²) in [5.41, 5.74) is -1.10. The van der Waals surface area contributed by atoms with Gasteiger partial charge < -0.3 is 25.2 Å². The number of rotatable bonds is 5. The summed E-state index contributed by atoms with van der Waals surface area (Å²) in [4.78, 5) is 19.4. The van der Waals surface area contributed by atoms with Gasteiger partial charge in [-0.15, -0.1) is 0 Å². The van der Waals surface area contributed by atoms with Gasteiger partial charge in [-0.25, -0.2) is 9.50 Å². The Hall–Kier alpha value is -3.38. The van der Waals surface area contributed by atoms with Crippen molar-refractivity contribution in [3.63, 3.8) is 0 Å². The van der Waals surface area contributed by atoms with E-state index in [2.05, 4.69) is 15.4 Å². The number of alkyl halides is 3. The lowest BCUT2D eigenvalue weighted by Gasteiger charge is -2.41. The third-order valence-electron chi connectivity index (χ3n) is 7.41. The molecule has 1 fully saturated rings. The van der Waals surface area contributed by atoms with E-state index in [1.54, 1.807) is 37.5 Å². The van der Waals surface area contributed by atoms with Gasteiger partial charge in [-0.05, 0) is 44.7 Å². The molecule has 3 N–H and O–H groups in total. The van der Waals surface area contributed by atoms with Crippen LogP contribution in [0.15, 0.2) is 36.8 Å². The number of carbonyl (C=O) groups is 1. The molecule has 2 aliphatic heterocycles. The number of aliphatic hydroxyl groups is 2. The number of benzene rings is 1. The number of ether oxygens (including phenoxy) is 1. The molecule has 1 saturated heterocycles. The second-order valence-electron chi connectivity index (χ2n) is 10.2. The molecule has 0 aliphatic carbocycles. The maximum absolute atomic E-state index is 13.4. The fraction of sp³-hybridized carbons (Fsp3) is 0.480. The van der Waals surface area contributed by atoms with Crippen molar-refractivity contribution < 1.29 is 32.9 Å². The molecule has 0 unspecified atom stereocenters. The molecular formula is C25H28F3N5O4.